The standard InChI is InChI=1S/C23H18F3N3O4/c1-2-11-27-19-10-7-14(29(30)31)12-17(19)16-9-8-15(33-23(24,25)26)13-18(16)22-28-20-5-3-4-6-21(20)32-22/h3-10,12-13,27H,2,11H2,1H3. The molecule has 3 aromatic carbocycles. The van der Waals surface area contributed by atoms with Gasteiger partial charge in [0.1, 0.15) is 11.3 Å². The SMILES string of the molecule is CCCNc1ccc([N+](=O)[O-])cc1-c1ccc(OC(F)(F)F)cc1-c1nc2ccccc2o1. The molecule has 170 valence electrons. The number of rotatable bonds is 7. The summed E-state index contributed by atoms with van der Waals surface area (Å²) in [4.78, 5) is 15.3. The molecule has 4 aromatic rings. The van der Waals surface area contributed by atoms with Gasteiger partial charge in [0.2, 0.25) is 5.89 Å². The van der Waals surface area contributed by atoms with Gasteiger partial charge < -0.3 is 14.5 Å². The van der Waals surface area contributed by atoms with E-state index in [0.29, 0.717) is 34.5 Å². The average molecular weight is 457 g/mol. The molecule has 0 saturated carbocycles. The summed E-state index contributed by atoms with van der Waals surface area (Å²) in [5.41, 5.74) is 2.42. The number of alkyl halides is 3. The van der Waals surface area contributed by atoms with Crippen molar-refractivity contribution in [1.29, 1.82) is 0 Å². The number of hydrogen-bond donors (Lipinski definition) is 1. The second kappa shape index (κ2) is 8.81. The fourth-order valence-corrected chi connectivity index (χ4v) is 3.40. The topological polar surface area (TPSA) is 90.4 Å². The van der Waals surface area contributed by atoms with E-state index in [4.69, 9.17) is 4.42 Å². The highest BCUT2D eigenvalue weighted by atomic mass is 19.4. The Morgan fingerprint density at radius 3 is 2.55 bits per heavy atom. The number of non-ortho nitro benzene ring substituents is 1. The van der Waals surface area contributed by atoms with Gasteiger partial charge in [0.05, 0.1) is 4.92 Å². The van der Waals surface area contributed by atoms with Gasteiger partial charge in [-0.15, -0.1) is 13.2 Å². The summed E-state index contributed by atoms with van der Waals surface area (Å²) >= 11 is 0. The minimum atomic E-state index is -4.89. The molecule has 33 heavy (non-hydrogen) atoms. The molecule has 1 heterocycles. The highest BCUT2D eigenvalue weighted by Crippen LogP contribution is 2.41. The summed E-state index contributed by atoms with van der Waals surface area (Å²) in [6.45, 7) is 2.56. The van der Waals surface area contributed by atoms with Gasteiger partial charge in [-0.25, -0.2) is 4.98 Å². The van der Waals surface area contributed by atoms with Crippen LogP contribution in [0.2, 0.25) is 0 Å². The third-order valence-electron chi connectivity index (χ3n) is 4.82. The Kier molecular flexibility index (Phi) is 5.91. The lowest BCUT2D eigenvalue weighted by Crippen LogP contribution is -2.17. The Labute approximate surface area is 186 Å². The molecule has 1 aromatic heterocycles. The van der Waals surface area contributed by atoms with Crippen LogP contribution in [0.15, 0.2) is 65.1 Å². The number of hydrogen-bond acceptors (Lipinski definition) is 6. The summed E-state index contributed by atoms with van der Waals surface area (Å²) in [6.07, 6.45) is -4.09. The van der Waals surface area contributed by atoms with E-state index in [1.54, 1.807) is 30.3 Å². The maximum atomic E-state index is 12.9. The van der Waals surface area contributed by atoms with Crippen LogP contribution in [0.25, 0.3) is 33.7 Å². The maximum Gasteiger partial charge on any atom is 0.573 e. The van der Waals surface area contributed by atoms with Crippen LogP contribution in [-0.4, -0.2) is 22.8 Å². The van der Waals surface area contributed by atoms with Crippen molar-refractivity contribution in [3.05, 3.63) is 70.8 Å². The molecule has 0 aliphatic heterocycles. The number of para-hydroxylation sites is 2. The first kappa shape index (κ1) is 22.1. The minimum absolute atomic E-state index is 0.0618. The fourth-order valence-electron chi connectivity index (χ4n) is 3.40. The third-order valence-corrected chi connectivity index (χ3v) is 4.82. The normalized spacial score (nSPS) is 11.5. The quantitative estimate of drug-likeness (QED) is 0.243. The zero-order valence-corrected chi connectivity index (χ0v) is 17.3. The fraction of sp³-hybridized carbons (Fsp3) is 0.174. The van der Waals surface area contributed by atoms with Crippen molar-refractivity contribution in [2.75, 3.05) is 11.9 Å². The largest absolute Gasteiger partial charge is 0.573 e. The van der Waals surface area contributed by atoms with Gasteiger partial charge in [-0.05, 0) is 48.4 Å². The van der Waals surface area contributed by atoms with Gasteiger partial charge in [0.25, 0.3) is 5.69 Å². The van der Waals surface area contributed by atoms with Crippen molar-refractivity contribution in [2.24, 2.45) is 0 Å². The van der Waals surface area contributed by atoms with E-state index in [9.17, 15) is 23.3 Å². The van der Waals surface area contributed by atoms with E-state index in [2.05, 4.69) is 15.0 Å². The van der Waals surface area contributed by atoms with Gasteiger partial charge >= 0.3 is 6.36 Å². The molecule has 0 bridgehead atoms. The second-order valence-electron chi connectivity index (χ2n) is 7.16. The van der Waals surface area contributed by atoms with Crippen LogP contribution in [0.5, 0.6) is 5.75 Å². The summed E-state index contributed by atoms with van der Waals surface area (Å²) in [5.74, 6) is -0.399. The van der Waals surface area contributed by atoms with Crippen molar-refractivity contribution in [3.63, 3.8) is 0 Å². The van der Waals surface area contributed by atoms with Crippen LogP contribution in [0.3, 0.4) is 0 Å². The van der Waals surface area contributed by atoms with E-state index < -0.39 is 17.0 Å². The highest BCUT2D eigenvalue weighted by molar-refractivity contribution is 5.90. The zero-order chi connectivity index (χ0) is 23.6. The average Bonchev–Trinajstić information content (AvgIpc) is 3.20. The summed E-state index contributed by atoms with van der Waals surface area (Å²) < 4.78 is 48.5. The Hall–Kier alpha value is -4.08. The molecular formula is C23H18F3N3O4. The van der Waals surface area contributed by atoms with Crippen molar-refractivity contribution in [2.45, 2.75) is 19.7 Å². The number of halogens is 3. The molecule has 7 nitrogen and oxygen atoms in total. The molecule has 0 fully saturated rings. The monoisotopic (exact) mass is 457 g/mol. The zero-order valence-electron chi connectivity index (χ0n) is 17.3. The maximum absolute atomic E-state index is 12.9. The minimum Gasteiger partial charge on any atom is -0.436 e. The molecule has 0 spiro atoms. The van der Waals surface area contributed by atoms with E-state index in [1.807, 2.05) is 6.92 Å². The first-order valence-corrected chi connectivity index (χ1v) is 10.0. The molecular weight excluding hydrogens is 439 g/mol. The van der Waals surface area contributed by atoms with E-state index in [0.717, 1.165) is 18.6 Å². The number of benzene rings is 3. The predicted octanol–water partition coefficient (Wildman–Crippen LogP) is 6.79. The Bertz CT molecular complexity index is 1290. The van der Waals surface area contributed by atoms with Crippen LogP contribution < -0.4 is 10.1 Å². The molecule has 0 amide bonds. The second-order valence-corrected chi connectivity index (χ2v) is 7.16. The number of anilines is 1. The Morgan fingerprint density at radius 2 is 1.85 bits per heavy atom. The van der Waals surface area contributed by atoms with Gasteiger partial charge in [-0.3, -0.25) is 10.1 Å². The smallest absolute Gasteiger partial charge is 0.436 e. The summed E-state index contributed by atoms with van der Waals surface area (Å²) in [5, 5.41) is 14.6. The highest BCUT2D eigenvalue weighted by Gasteiger charge is 2.32. The van der Waals surface area contributed by atoms with Crippen LogP contribution in [0, 0.1) is 10.1 Å². The molecule has 10 heteroatoms. The lowest BCUT2D eigenvalue weighted by atomic mass is 9.97. The summed E-state index contributed by atoms with van der Waals surface area (Å²) in [6, 6.07) is 14.9. The predicted molar refractivity (Wildman–Crippen MR) is 117 cm³/mol. The van der Waals surface area contributed by atoms with Crippen molar-refractivity contribution < 1.29 is 27.2 Å². The van der Waals surface area contributed by atoms with Gasteiger partial charge in [-0.1, -0.05) is 19.1 Å². The van der Waals surface area contributed by atoms with Crippen LogP contribution in [0.4, 0.5) is 24.5 Å². The number of ether oxygens (including phenoxy) is 1. The Balaban J connectivity index is 1.94. The number of fused-ring (bicyclic) bond motifs is 1. The van der Waals surface area contributed by atoms with Crippen LogP contribution in [0.1, 0.15) is 13.3 Å². The van der Waals surface area contributed by atoms with Gasteiger partial charge in [0.15, 0.2) is 5.58 Å². The molecule has 0 atom stereocenters. The molecule has 0 saturated heterocycles. The lowest BCUT2D eigenvalue weighted by molar-refractivity contribution is -0.384. The first-order valence-electron chi connectivity index (χ1n) is 10.0. The lowest BCUT2D eigenvalue weighted by Gasteiger charge is -2.16. The number of nitrogens with zero attached hydrogens (tertiary/aromatic N) is 2. The van der Waals surface area contributed by atoms with Crippen molar-refractivity contribution in [3.8, 4) is 28.3 Å². The van der Waals surface area contributed by atoms with E-state index in [-0.39, 0.29) is 17.1 Å². The summed E-state index contributed by atoms with van der Waals surface area (Å²) in [7, 11) is 0. The number of nitro benzene ring substituents is 1. The van der Waals surface area contributed by atoms with Gasteiger partial charge in [-0.2, -0.15) is 0 Å². The van der Waals surface area contributed by atoms with Crippen molar-refractivity contribution in [1.82, 2.24) is 4.98 Å². The molecule has 0 radical (unpaired) electrons. The van der Waals surface area contributed by atoms with Gasteiger partial charge in [0, 0.05) is 35.5 Å². The molecule has 4 rings (SSSR count). The Morgan fingerprint density at radius 1 is 1.06 bits per heavy atom. The number of nitro groups is 1. The number of nitrogens with one attached hydrogen (secondary N) is 1. The van der Waals surface area contributed by atoms with Crippen molar-refractivity contribution >= 4 is 22.5 Å². The van der Waals surface area contributed by atoms with E-state index in [1.165, 1.54) is 18.2 Å². The number of oxazole rings is 1. The first-order chi connectivity index (χ1) is 15.7. The molecule has 0 aliphatic carbocycles. The number of aromatic nitrogens is 1. The van der Waals surface area contributed by atoms with Crippen LogP contribution in [-0.2, 0) is 0 Å². The third kappa shape index (κ3) is 4.89. The van der Waals surface area contributed by atoms with Crippen LogP contribution >= 0.6 is 0 Å². The molecule has 1 N–H and O–H groups in total. The van der Waals surface area contributed by atoms with E-state index >= 15 is 0 Å². The molecule has 0 aliphatic rings. The molecule has 0 unspecified atom stereocenters.